The highest BCUT2D eigenvalue weighted by molar-refractivity contribution is 5.77. The van der Waals surface area contributed by atoms with E-state index in [2.05, 4.69) is 0 Å². The minimum absolute atomic E-state index is 0.0262. The van der Waals surface area contributed by atoms with E-state index in [-0.39, 0.29) is 17.8 Å². The fraction of sp³-hybridized carbons (Fsp3) is 0.667. The summed E-state index contributed by atoms with van der Waals surface area (Å²) in [7, 11) is 0. The van der Waals surface area contributed by atoms with Crippen LogP contribution in [0.15, 0.2) is 12.2 Å². The Kier molecular flexibility index (Phi) is 4.52. The molecule has 0 aromatic heterocycles. The average molecular weight is 226 g/mol. The van der Waals surface area contributed by atoms with Crippen LogP contribution in [0.2, 0.25) is 0 Å². The Morgan fingerprint density at radius 3 is 2.62 bits per heavy atom. The lowest BCUT2D eigenvalue weighted by molar-refractivity contribution is -0.149. The standard InChI is InChI=1S/C12H18O4/c1-3-6-16-12(15)9-4-5-10(11(13)14)8(2)7-9/h4-5,8-10H,3,6-7H2,1-2H3,(H,13,14). The first kappa shape index (κ1) is 12.7. The monoisotopic (exact) mass is 226 g/mol. The van der Waals surface area contributed by atoms with Gasteiger partial charge in [-0.3, -0.25) is 9.59 Å². The Hall–Kier alpha value is -1.32. The molecular formula is C12H18O4. The second-order valence-corrected chi connectivity index (χ2v) is 4.24. The molecule has 4 nitrogen and oxygen atoms in total. The van der Waals surface area contributed by atoms with Crippen molar-refractivity contribution in [2.45, 2.75) is 26.7 Å². The summed E-state index contributed by atoms with van der Waals surface area (Å²) in [5.74, 6) is -1.85. The van der Waals surface area contributed by atoms with E-state index in [4.69, 9.17) is 9.84 Å². The molecule has 0 bridgehead atoms. The van der Waals surface area contributed by atoms with Crippen molar-refractivity contribution in [2.75, 3.05) is 6.61 Å². The lowest BCUT2D eigenvalue weighted by atomic mass is 9.80. The van der Waals surface area contributed by atoms with Crippen LogP contribution in [0.3, 0.4) is 0 Å². The fourth-order valence-corrected chi connectivity index (χ4v) is 1.88. The number of carbonyl (C=O) groups is 2. The smallest absolute Gasteiger partial charge is 0.312 e. The third-order valence-corrected chi connectivity index (χ3v) is 2.83. The molecule has 1 aliphatic rings. The van der Waals surface area contributed by atoms with Gasteiger partial charge in [0, 0.05) is 0 Å². The number of aliphatic carboxylic acids is 1. The molecule has 0 aliphatic heterocycles. The summed E-state index contributed by atoms with van der Waals surface area (Å²) in [4.78, 5) is 22.4. The molecule has 0 amide bonds. The molecular weight excluding hydrogens is 208 g/mol. The van der Waals surface area contributed by atoms with Crippen molar-refractivity contribution in [3.8, 4) is 0 Å². The van der Waals surface area contributed by atoms with Crippen molar-refractivity contribution >= 4 is 11.9 Å². The van der Waals surface area contributed by atoms with E-state index in [1.165, 1.54) is 0 Å². The van der Waals surface area contributed by atoms with Crippen molar-refractivity contribution in [3.05, 3.63) is 12.2 Å². The van der Waals surface area contributed by atoms with Crippen LogP contribution in [0.4, 0.5) is 0 Å². The second-order valence-electron chi connectivity index (χ2n) is 4.24. The van der Waals surface area contributed by atoms with Crippen LogP contribution in [0.5, 0.6) is 0 Å². The van der Waals surface area contributed by atoms with E-state index in [1.807, 2.05) is 13.8 Å². The lowest BCUT2D eigenvalue weighted by Gasteiger charge is -2.25. The number of esters is 1. The van der Waals surface area contributed by atoms with Crippen molar-refractivity contribution in [1.82, 2.24) is 0 Å². The second kappa shape index (κ2) is 5.68. The van der Waals surface area contributed by atoms with E-state index < -0.39 is 11.9 Å². The minimum atomic E-state index is -0.830. The number of rotatable bonds is 4. The Morgan fingerprint density at radius 1 is 1.44 bits per heavy atom. The molecule has 0 saturated carbocycles. The van der Waals surface area contributed by atoms with Gasteiger partial charge in [0.05, 0.1) is 18.4 Å². The van der Waals surface area contributed by atoms with Crippen molar-refractivity contribution < 1.29 is 19.4 Å². The van der Waals surface area contributed by atoms with Crippen molar-refractivity contribution in [2.24, 2.45) is 17.8 Å². The zero-order chi connectivity index (χ0) is 12.1. The summed E-state index contributed by atoms with van der Waals surface area (Å²) >= 11 is 0. The highest BCUT2D eigenvalue weighted by Crippen LogP contribution is 2.29. The molecule has 4 heteroatoms. The summed E-state index contributed by atoms with van der Waals surface area (Å²) in [6.07, 6.45) is 4.62. The number of carbonyl (C=O) groups excluding carboxylic acids is 1. The molecule has 0 heterocycles. The topological polar surface area (TPSA) is 63.6 Å². The van der Waals surface area contributed by atoms with Crippen LogP contribution in [-0.2, 0) is 14.3 Å². The van der Waals surface area contributed by atoms with Gasteiger partial charge in [-0.05, 0) is 18.8 Å². The van der Waals surface area contributed by atoms with Gasteiger partial charge in [0.25, 0.3) is 0 Å². The van der Waals surface area contributed by atoms with Crippen LogP contribution >= 0.6 is 0 Å². The van der Waals surface area contributed by atoms with Crippen LogP contribution in [0, 0.1) is 17.8 Å². The van der Waals surface area contributed by atoms with Gasteiger partial charge in [-0.1, -0.05) is 26.0 Å². The predicted molar refractivity (Wildman–Crippen MR) is 58.8 cm³/mol. The molecule has 1 aliphatic carbocycles. The summed E-state index contributed by atoms with van der Waals surface area (Å²) in [6, 6.07) is 0. The highest BCUT2D eigenvalue weighted by Gasteiger charge is 2.31. The Balaban J connectivity index is 2.58. The lowest BCUT2D eigenvalue weighted by Crippen LogP contribution is -2.29. The van der Waals surface area contributed by atoms with E-state index in [0.29, 0.717) is 13.0 Å². The largest absolute Gasteiger partial charge is 0.481 e. The summed E-state index contributed by atoms with van der Waals surface area (Å²) < 4.78 is 5.04. The molecule has 0 spiro atoms. The average Bonchev–Trinajstić information content (AvgIpc) is 2.25. The van der Waals surface area contributed by atoms with Gasteiger partial charge < -0.3 is 9.84 Å². The third kappa shape index (κ3) is 3.08. The highest BCUT2D eigenvalue weighted by atomic mass is 16.5. The first-order chi connectivity index (χ1) is 7.56. The SMILES string of the molecule is CCCOC(=O)C1C=CC(C(=O)O)C(C)C1. The number of carboxylic acid groups (broad SMARTS) is 1. The van der Waals surface area contributed by atoms with Crippen LogP contribution < -0.4 is 0 Å². The van der Waals surface area contributed by atoms with E-state index in [1.54, 1.807) is 12.2 Å². The molecule has 0 saturated heterocycles. The maximum Gasteiger partial charge on any atom is 0.312 e. The van der Waals surface area contributed by atoms with E-state index >= 15 is 0 Å². The number of hydrogen-bond acceptors (Lipinski definition) is 3. The summed E-state index contributed by atoms with van der Waals surface area (Å²) in [6.45, 7) is 4.22. The number of ether oxygens (including phenoxy) is 1. The Morgan fingerprint density at radius 2 is 2.12 bits per heavy atom. The van der Waals surface area contributed by atoms with Gasteiger partial charge in [0.1, 0.15) is 0 Å². The molecule has 0 fully saturated rings. The molecule has 90 valence electrons. The quantitative estimate of drug-likeness (QED) is 0.587. The van der Waals surface area contributed by atoms with Gasteiger partial charge in [-0.2, -0.15) is 0 Å². The van der Waals surface area contributed by atoms with Crippen LogP contribution in [0.1, 0.15) is 26.7 Å². The normalized spacial score (nSPS) is 28.8. The predicted octanol–water partition coefficient (Wildman–Crippen LogP) is 1.85. The van der Waals surface area contributed by atoms with Crippen molar-refractivity contribution in [3.63, 3.8) is 0 Å². The minimum Gasteiger partial charge on any atom is -0.481 e. The van der Waals surface area contributed by atoms with Gasteiger partial charge in [-0.25, -0.2) is 0 Å². The van der Waals surface area contributed by atoms with Crippen LogP contribution in [-0.4, -0.2) is 23.7 Å². The summed E-state index contributed by atoms with van der Waals surface area (Å²) in [5, 5.41) is 8.91. The van der Waals surface area contributed by atoms with Crippen LogP contribution in [0.25, 0.3) is 0 Å². The maximum atomic E-state index is 11.6. The summed E-state index contributed by atoms with van der Waals surface area (Å²) in [5.41, 5.74) is 0. The molecule has 3 unspecified atom stereocenters. The zero-order valence-electron chi connectivity index (χ0n) is 9.68. The molecule has 16 heavy (non-hydrogen) atoms. The molecule has 0 radical (unpaired) electrons. The fourth-order valence-electron chi connectivity index (χ4n) is 1.88. The molecule has 0 aromatic carbocycles. The molecule has 3 atom stereocenters. The Labute approximate surface area is 95.3 Å². The van der Waals surface area contributed by atoms with E-state index in [0.717, 1.165) is 6.42 Å². The van der Waals surface area contributed by atoms with Crippen molar-refractivity contribution in [1.29, 1.82) is 0 Å². The van der Waals surface area contributed by atoms with E-state index in [9.17, 15) is 9.59 Å². The third-order valence-electron chi connectivity index (χ3n) is 2.83. The Bertz CT molecular complexity index is 295. The maximum absolute atomic E-state index is 11.6. The molecule has 1 N–H and O–H groups in total. The first-order valence-corrected chi connectivity index (χ1v) is 5.64. The van der Waals surface area contributed by atoms with Gasteiger partial charge in [0.2, 0.25) is 0 Å². The zero-order valence-corrected chi connectivity index (χ0v) is 9.68. The van der Waals surface area contributed by atoms with Gasteiger partial charge in [0.15, 0.2) is 0 Å². The molecule has 0 aromatic rings. The number of carboxylic acids is 1. The van der Waals surface area contributed by atoms with Gasteiger partial charge in [-0.15, -0.1) is 0 Å². The van der Waals surface area contributed by atoms with Gasteiger partial charge >= 0.3 is 11.9 Å². The molecule has 1 rings (SSSR count). The number of hydrogen-bond donors (Lipinski definition) is 1. The first-order valence-electron chi connectivity index (χ1n) is 5.64.